The molecule has 0 atom stereocenters. The lowest BCUT2D eigenvalue weighted by Crippen LogP contribution is -2.37. The molecule has 1 amide bonds. The monoisotopic (exact) mass is 402 g/mol. The van der Waals surface area contributed by atoms with Gasteiger partial charge in [-0.05, 0) is 36.4 Å². The van der Waals surface area contributed by atoms with Crippen molar-refractivity contribution in [1.29, 1.82) is 0 Å². The molecule has 0 saturated heterocycles. The van der Waals surface area contributed by atoms with Gasteiger partial charge >= 0.3 is 0 Å². The number of hydrogen-bond donors (Lipinski definition) is 3. The summed E-state index contributed by atoms with van der Waals surface area (Å²) in [4.78, 5) is 16.3. The van der Waals surface area contributed by atoms with Crippen LogP contribution in [-0.4, -0.2) is 45.2 Å². The highest BCUT2D eigenvalue weighted by Gasteiger charge is 2.11. The highest BCUT2D eigenvalue weighted by atomic mass is 35.5. The van der Waals surface area contributed by atoms with E-state index in [1.54, 1.807) is 31.3 Å². The van der Waals surface area contributed by atoms with Gasteiger partial charge in [0.15, 0.2) is 17.5 Å². The van der Waals surface area contributed by atoms with Gasteiger partial charge in [0.05, 0.1) is 13.2 Å². The van der Waals surface area contributed by atoms with Crippen molar-refractivity contribution in [1.82, 2.24) is 10.6 Å². The third-order valence-electron chi connectivity index (χ3n) is 4.04. The maximum Gasteiger partial charge on any atom is 0.251 e. The molecule has 0 saturated carbocycles. The highest BCUT2D eigenvalue weighted by molar-refractivity contribution is 6.30. The Bertz CT molecular complexity index is 840. The van der Waals surface area contributed by atoms with E-state index in [1.165, 1.54) is 0 Å². The summed E-state index contributed by atoms with van der Waals surface area (Å²) in [6.45, 7) is 2.26. The van der Waals surface area contributed by atoms with E-state index in [9.17, 15) is 4.79 Å². The Kier molecular flexibility index (Phi) is 6.97. The average molecular weight is 403 g/mol. The van der Waals surface area contributed by atoms with Crippen molar-refractivity contribution in [2.24, 2.45) is 4.99 Å². The van der Waals surface area contributed by atoms with Crippen molar-refractivity contribution in [3.8, 4) is 11.5 Å². The topological polar surface area (TPSA) is 84.0 Å². The number of carbonyl (C=O) groups excluding carboxylic acids is 1. The molecule has 0 fully saturated rings. The van der Waals surface area contributed by atoms with Crippen molar-refractivity contribution in [3.63, 3.8) is 0 Å². The first kappa shape index (κ1) is 19.8. The van der Waals surface area contributed by atoms with Crippen LogP contribution >= 0.6 is 11.6 Å². The number of ether oxygens (including phenoxy) is 2. The number of amides is 1. The lowest BCUT2D eigenvalue weighted by atomic mass is 10.2. The maximum absolute atomic E-state index is 12.1. The second kappa shape index (κ2) is 9.85. The number of rotatable bonds is 5. The first-order valence-corrected chi connectivity index (χ1v) is 9.44. The van der Waals surface area contributed by atoms with Crippen LogP contribution in [0.15, 0.2) is 47.5 Å². The van der Waals surface area contributed by atoms with Gasteiger partial charge < -0.3 is 25.4 Å². The number of fused-ring (bicyclic) bond motifs is 1. The summed E-state index contributed by atoms with van der Waals surface area (Å²) in [5.41, 5.74) is 1.40. The van der Waals surface area contributed by atoms with E-state index in [0.29, 0.717) is 48.6 Å². The quantitative estimate of drug-likeness (QED) is 0.407. The lowest BCUT2D eigenvalue weighted by molar-refractivity contribution is 0.0954. The Morgan fingerprint density at radius 1 is 1.04 bits per heavy atom. The summed E-state index contributed by atoms with van der Waals surface area (Å²) in [5, 5.41) is 9.80. The van der Waals surface area contributed by atoms with Crippen LogP contribution in [0.3, 0.4) is 0 Å². The smallest absolute Gasteiger partial charge is 0.251 e. The number of nitrogens with zero attached hydrogens (tertiary/aromatic N) is 1. The summed E-state index contributed by atoms with van der Waals surface area (Å²) in [6.07, 6.45) is 0.863. The molecule has 0 aliphatic carbocycles. The molecule has 3 rings (SSSR count). The Hall–Kier alpha value is -2.93. The summed E-state index contributed by atoms with van der Waals surface area (Å²) in [6, 6.07) is 12.4. The molecule has 7 nitrogen and oxygen atoms in total. The minimum atomic E-state index is -0.149. The van der Waals surface area contributed by atoms with Gasteiger partial charge in [-0.1, -0.05) is 11.6 Å². The molecule has 3 N–H and O–H groups in total. The van der Waals surface area contributed by atoms with E-state index in [4.69, 9.17) is 21.1 Å². The van der Waals surface area contributed by atoms with Crippen molar-refractivity contribution in [2.75, 3.05) is 38.7 Å². The number of anilines is 1. The van der Waals surface area contributed by atoms with Gasteiger partial charge in [-0.25, -0.2) is 0 Å². The number of halogens is 1. The minimum absolute atomic E-state index is 0.149. The first-order chi connectivity index (χ1) is 13.7. The number of carbonyl (C=O) groups is 1. The second-order valence-electron chi connectivity index (χ2n) is 6.10. The van der Waals surface area contributed by atoms with Gasteiger partial charge in [0.25, 0.3) is 5.91 Å². The Morgan fingerprint density at radius 3 is 2.50 bits per heavy atom. The summed E-state index contributed by atoms with van der Waals surface area (Å²) in [5.74, 6) is 1.91. The average Bonchev–Trinajstić information content (AvgIpc) is 2.95. The molecule has 2 aromatic carbocycles. The zero-order chi connectivity index (χ0) is 19.8. The predicted octanol–water partition coefficient (Wildman–Crippen LogP) is 2.92. The van der Waals surface area contributed by atoms with E-state index in [1.807, 2.05) is 18.2 Å². The highest BCUT2D eigenvalue weighted by Crippen LogP contribution is 2.32. The van der Waals surface area contributed by atoms with Crippen LogP contribution in [-0.2, 0) is 0 Å². The fourth-order valence-electron chi connectivity index (χ4n) is 2.62. The van der Waals surface area contributed by atoms with E-state index < -0.39 is 0 Å². The Balaban J connectivity index is 1.46. The molecule has 2 aromatic rings. The molecule has 8 heteroatoms. The Morgan fingerprint density at radius 2 is 1.75 bits per heavy atom. The molecule has 0 unspecified atom stereocenters. The first-order valence-electron chi connectivity index (χ1n) is 9.07. The molecule has 0 radical (unpaired) electrons. The van der Waals surface area contributed by atoms with Gasteiger partial charge in [0.1, 0.15) is 0 Å². The third kappa shape index (κ3) is 5.53. The fourth-order valence-corrected chi connectivity index (χ4v) is 2.74. The predicted molar refractivity (Wildman–Crippen MR) is 111 cm³/mol. The molecule has 1 aliphatic heterocycles. The molecule has 0 spiro atoms. The fraction of sp³-hybridized carbons (Fsp3) is 0.300. The number of guanidine groups is 1. The third-order valence-corrected chi connectivity index (χ3v) is 4.30. The van der Waals surface area contributed by atoms with E-state index in [-0.39, 0.29) is 5.91 Å². The maximum atomic E-state index is 12.1. The molecular weight excluding hydrogens is 380 g/mol. The second-order valence-corrected chi connectivity index (χ2v) is 6.54. The van der Waals surface area contributed by atoms with Crippen molar-refractivity contribution >= 4 is 29.2 Å². The van der Waals surface area contributed by atoms with Crippen LogP contribution in [0.4, 0.5) is 5.69 Å². The van der Waals surface area contributed by atoms with Gasteiger partial charge in [0, 0.05) is 48.9 Å². The van der Waals surface area contributed by atoms with Crippen LogP contribution in [0.25, 0.3) is 0 Å². The zero-order valence-electron chi connectivity index (χ0n) is 15.6. The summed E-state index contributed by atoms with van der Waals surface area (Å²) in [7, 11) is 1.69. The Labute approximate surface area is 169 Å². The standard InChI is InChI=1S/C20H23ClN4O3/c1-22-20(24-10-9-23-19(26)14-3-5-15(21)6-4-14)25-16-7-8-17-18(13-16)28-12-2-11-27-17/h3-8,13H,2,9-12H2,1H3,(H,23,26)(H2,22,24,25). The molecular formula is C20H23ClN4O3. The van der Waals surface area contributed by atoms with Gasteiger partial charge in [0.2, 0.25) is 0 Å². The lowest BCUT2D eigenvalue weighted by Gasteiger charge is -2.14. The molecule has 0 aromatic heterocycles. The van der Waals surface area contributed by atoms with Gasteiger partial charge in [-0.15, -0.1) is 0 Å². The number of hydrogen-bond acceptors (Lipinski definition) is 4. The van der Waals surface area contributed by atoms with Crippen LogP contribution in [0, 0.1) is 0 Å². The van der Waals surface area contributed by atoms with Crippen LogP contribution in [0.2, 0.25) is 5.02 Å². The number of nitrogens with one attached hydrogen (secondary N) is 3. The molecule has 28 heavy (non-hydrogen) atoms. The normalized spacial score (nSPS) is 13.4. The molecule has 0 bridgehead atoms. The van der Waals surface area contributed by atoms with Crippen molar-refractivity contribution in [2.45, 2.75) is 6.42 Å². The number of aliphatic imine (C=N–C) groups is 1. The van der Waals surface area contributed by atoms with E-state index in [2.05, 4.69) is 20.9 Å². The number of benzene rings is 2. The minimum Gasteiger partial charge on any atom is -0.490 e. The largest absolute Gasteiger partial charge is 0.490 e. The molecule has 1 aliphatic rings. The van der Waals surface area contributed by atoms with Gasteiger partial charge in [-0.3, -0.25) is 9.79 Å². The summed E-state index contributed by atoms with van der Waals surface area (Å²) < 4.78 is 11.3. The SMILES string of the molecule is CN=C(NCCNC(=O)c1ccc(Cl)cc1)Nc1ccc2c(c1)OCCCO2. The van der Waals surface area contributed by atoms with Gasteiger partial charge in [-0.2, -0.15) is 0 Å². The summed E-state index contributed by atoms with van der Waals surface area (Å²) >= 11 is 5.83. The van der Waals surface area contributed by atoms with Crippen molar-refractivity contribution in [3.05, 3.63) is 53.1 Å². The molecule has 148 valence electrons. The van der Waals surface area contributed by atoms with E-state index >= 15 is 0 Å². The van der Waals surface area contributed by atoms with Crippen LogP contribution < -0.4 is 25.4 Å². The van der Waals surface area contributed by atoms with E-state index in [0.717, 1.165) is 17.9 Å². The molecule has 1 heterocycles. The van der Waals surface area contributed by atoms with Crippen LogP contribution in [0.5, 0.6) is 11.5 Å². The van der Waals surface area contributed by atoms with Crippen LogP contribution in [0.1, 0.15) is 16.8 Å². The van der Waals surface area contributed by atoms with Crippen molar-refractivity contribution < 1.29 is 14.3 Å². The zero-order valence-corrected chi connectivity index (χ0v) is 16.4.